The molecule has 1 aliphatic rings. The van der Waals surface area contributed by atoms with Crippen molar-refractivity contribution in [1.82, 2.24) is 4.90 Å². The van der Waals surface area contributed by atoms with E-state index in [2.05, 4.69) is 10.3 Å². The number of anilines is 1. The van der Waals surface area contributed by atoms with E-state index in [1.54, 1.807) is 6.07 Å². The van der Waals surface area contributed by atoms with Gasteiger partial charge in [0.25, 0.3) is 5.69 Å². The van der Waals surface area contributed by atoms with Crippen LogP contribution in [0.2, 0.25) is 0 Å². The Hall–Kier alpha value is -1.31. The largest absolute Gasteiger partial charge is 0.318 e. The number of hydrazine groups is 1. The van der Waals surface area contributed by atoms with E-state index >= 15 is 0 Å². The molecule has 0 bridgehead atoms. The Morgan fingerprint density at radius 1 is 1.42 bits per heavy atom. The van der Waals surface area contributed by atoms with Gasteiger partial charge in [-0.15, -0.1) is 0 Å². The summed E-state index contributed by atoms with van der Waals surface area (Å²) in [5.41, 5.74) is 3.81. The van der Waals surface area contributed by atoms with Crippen LogP contribution in [0.5, 0.6) is 0 Å². The van der Waals surface area contributed by atoms with Gasteiger partial charge in [-0.2, -0.15) is 11.8 Å². The molecule has 1 aromatic carbocycles. The van der Waals surface area contributed by atoms with Crippen LogP contribution in [0.25, 0.3) is 0 Å². The van der Waals surface area contributed by atoms with Gasteiger partial charge in [0.1, 0.15) is 5.69 Å². The van der Waals surface area contributed by atoms with E-state index in [9.17, 15) is 10.1 Å². The van der Waals surface area contributed by atoms with Crippen LogP contribution in [-0.2, 0) is 6.54 Å². The van der Waals surface area contributed by atoms with Crippen molar-refractivity contribution in [3.63, 3.8) is 0 Å². The normalized spacial score (nSPS) is 16.9. The highest BCUT2D eigenvalue weighted by molar-refractivity contribution is 7.99. The lowest BCUT2D eigenvalue weighted by atomic mass is 10.1. The Labute approximate surface area is 116 Å². The number of para-hydroxylation sites is 1. The summed E-state index contributed by atoms with van der Waals surface area (Å²) in [5, 5.41) is 11.0. The van der Waals surface area contributed by atoms with Crippen molar-refractivity contribution in [2.75, 3.05) is 30.0 Å². The molecule has 19 heavy (non-hydrogen) atoms. The average molecular weight is 282 g/mol. The zero-order valence-electron chi connectivity index (χ0n) is 10.7. The van der Waals surface area contributed by atoms with Crippen LogP contribution in [0.15, 0.2) is 18.2 Å². The molecule has 0 amide bonds. The molecule has 0 radical (unpaired) electrons. The molecule has 2 rings (SSSR count). The zero-order chi connectivity index (χ0) is 13.7. The minimum atomic E-state index is -0.406. The van der Waals surface area contributed by atoms with Gasteiger partial charge >= 0.3 is 0 Å². The van der Waals surface area contributed by atoms with Crippen LogP contribution >= 0.6 is 11.8 Å². The maximum atomic E-state index is 11.0. The second-order valence-electron chi connectivity index (χ2n) is 4.45. The van der Waals surface area contributed by atoms with Crippen LogP contribution in [0.3, 0.4) is 0 Å². The summed E-state index contributed by atoms with van der Waals surface area (Å²) in [6.45, 7) is 2.73. The number of hydrogen-bond donors (Lipinski definition) is 2. The molecule has 1 saturated heterocycles. The monoisotopic (exact) mass is 282 g/mol. The molecule has 6 nitrogen and oxygen atoms in total. The number of thioether (sulfide) groups is 1. The third-order valence-electron chi connectivity index (χ3n) is 3.18. The van der Waals surface area contributed by atoms with Gasteiger partial charge in [-0.25, -0.2) is 0 Å². The summed E-state index contributed by atoms with van der Waals surface area (Å²) in [6.07, 6.45) is 1.16. The molecule has 1 aromatic rings. The van der Waals surface area contributed by atoms with Gasteiger partial charge in [-0.05, 0) is 24.3 Å². The first-order valence-electron chi connectivity index (χ1n) is 6.25. The van der Waals surface area contributed by atoms with Crippen molar-refractivity contribution in [1.29, 1.82) is 0 Å². The van der Waals surface area contributed by atoms with Gasteiger partial charge in [0, 0.05) is 24.9 Å². The Balaban J connectivity index is 2.19. The predicted octanol–water partition coefficient (Wildman–Crippen LogP) is 1.82. The maximum absolute atomic E-state index is 11.0. The van der Waals surface area contributed by atoms with E-state index in [0.29, 0.717) is 12.2 Å². The molecule has 0 spiro atoms. The molecule has 0 aromatic heterocycles. The summed E-state index contributed by atoms with van der Waals surface area (Å²) in [4.78, 5) is 12.9. The summed E-state index contributed by atoms with van der Waals surface area (Å²) in [7, 11) is 0. The molecule has 3 N–H and O–H groups in total. The lowest BCUT2D eigenvalue weighted by Crippen LogP contribution is -2.26. The smallest absolute Gasteiger partial charge is 0.293 e. The second-order valence-corrected chi connectivity index (χ2v) is 5.68. The zero-order valence-corrected chi connectivity index (χ0v) is 11.5. The molecule has 7 heteroatoms. The third kappa shape index (κ3) is 3.59. The van der Waals surface area contributed by atoms with Crippen molar-refractivity contribution in [2.24, 2.45) is 5.84 Å². The second kappa shape index (κ2) is 6.74. The Kier molecular flexibility index (Phi) is 5.00. The number of rotatable bonds is 4. The lowest BCUT2D eigenvalue weighted by Gasteiger charge is -2.20. The first kappa shape index (κ1) is 14.1. The predicted molar refractivity (Wildman–Crippen MR) is 78.1 cm³/mol. The topological polar surface area (TPSA) is 84.4 Å². The molecule has 0 saturated carbocycles. The molecule has 1 heterocycles. The van der Waals surface area contributed by atoms with E-state index in [1.807, 2.05) is 17.8 Å². The minimum Gasteiger partial charge on any atom is -0.318 e. The van der Waals surface area contributed by atoms with Gasteiger partial charge in [-0.3, -0.25) is 20.9 Å². The fourth-order valence-corrected chi connectivity index (χ4v) is 3.16. The van der Waals surface area contributed by atoms with Gasteiger partial charge in [0.15, 0.2) is 0 Å². The fraction of sp³-hybridized carbons (Fsp3) is 0.500. The van der Waals surface area contributed by atoms with Crippen LogP contribution in [0.1, 0.15) is 12.0 Å². The van der Waals surface area contributed by atoms with E-state index < -0.39 is 4.92 Å². The molecule has 1 fully saturated rings. The highest BCUT2D eigenvalue weighted by atomic mass is 32.2. The fourth-order valence-electron chi connectivity index (χ4n) is 2.23. The Morgan fingerprint density at radius 2 is 2.26 bits per heavy atom. The molecular formula is C12H18N4O2S. The first-order valence-corrected chi connectivity index (χ1v) is 7.41. The van der Waals surface area contributed by atoms with Crippen LogP contribution in [-0.4, -0.2) is 34.4 Å². The SMILES string of the molecule is NNc1c(CN2CCCSCC2)cccc1[N+](=O)[O-]. The van der Waals surface area contributed by atoms with Gasteiger partial charge in [0.05, 0.1) is 4.92 Å². The number of nitrogens with zero attached hydrogens (tertiary/aromatic N) is 2. The maximum Gasteiger partial charge on any atom is 0.293 e. The number of nitrogens with one attached hydrogen (secondary N) is 1. The lowest BCUT2D eigenvalue weighted by molar-refractivity contribution is -0.384. The van der Waals surface area contributed by atoms with Crippen molar-refractivity contribution in [2.45, 2.75) is 13.0 Å². The molecule has 0 unspecified atom stereocenters. The van der Waals surface area contributed by atoms with Gasteiger partial charge < -0.3 is 5.43 Å². The van der Waals surface area contributed by atoms with Crippen LogP contribution < -0.4 is 11.3 Å². The number of nitrogen functional groups attached to an aromatic ring is 1. The van der Waals surface area contributed by atoms with E-state index in [0.717, 1.165) is 30.8 Å². The molecule has 104 valence electrons. The molecule has 0 aliphatic carbocycles. The first-order chi connectivity index (χ1) is 9.22. The van der Waals surface area contributed by atoms with Crippen molar-refractivity contribution in [3.05, 3.63) is 33.9 Å². The van der Waals surface area contributed by atoms with Gasteiger partial charge in [-0.1, -0.05) is 12.1 Å². The summed E-state index contributed by atoms with van der Waals surface area (Å²) in [6, 6.07) is 5.07. The number of hydrogen-bond acceptors (Lipinski definition) is 6. The third-order valence-corrected chi connectivity index (χ3v) is 4.23. The van der Waals surface area contributed by atoms with Crippen molar-refractivity contribution >= 4 is 23.1 Å². The number of nitro benzene ring substituents is 1. The van der Waals surface area contributed by atoms with E-state index in [1.165, 1.54) is 11.8 Å². The van der Waals surface area contributed by atoms with Crippen molar-refractivity contribution < 1.29 is 4.92 Å². The highest BCUT2D eigenvalue weighted by Crippen LogP contribution is 2.28. The van der Waals surface area contributed by atoms with Crippen molar-refractivity contribution in [3.8, 4) is 0 Å². The van der Waals surface area contributed by atoms with E-state index in [4.69, 9.17) is 5.84 Å². The summed E-state index contributed by atoms with van der Waals surface area (Å²) >= 11 is 1.96. The Bertz CT molecular complexity index is 447. The van der Waals surface area contributed by atoms with Crippen LogP contribution in [0.4, 0.5) is 11.4 Å². The van der Waals surface area contributed by atoms with E-state index in [-0.39, 0.29) is 5.69 Å². The standard InChI is InChI=1S/C12H18N4O2S/c13-14-12-10(3-1-4-11(12)16(17)18)9-15-5-2-7-19-8-6-15/h1,3-4,14H,2,5-9,13H2. The number of nitro groups is 1. The average Bonchev–Trinajstić information content (AvgIpc) is 2.67. The summed E-state index contributed by atoms with van der Waals surface area (Å²) < 4.78 is 0. The number of benzene rings is 1. The van der Waals surface area contributed by atoms with Crippen LogP contribution in [0, 0.1) is 10.1 Å². The van der Waals surface area contributed by atoms with Gasteiger partial charge in [0.2, 0.25) is 0 Å². The molecule has 1 aliphatic heterocycles. The molecule has 0 atom stereocenters. The highest BCUT2D eigenvalue weighted by Gasteiger charge is 2.18. The number of nitrogens with two attached hydrogens (primary N) is 1. The molecular weight excluding hydrogens is 264 g/mol. The Morgan fingerprint density at radius 3 is 3.00 bits per heavy atom. The minimum absolute atomic E-state index is 0.0317. The summed E-state index contributed by atoms with van der Waals surface area (Å²) in [5.74, 6) is 7.75. The quantitative estimate of drug-likeness (QED) is 0.498.